The van der Waals surface area contributed by atoms with Crippen LogP contribution in [0.3, 0.4) is 0 Å². The molecule has 2 saturated carbocycles. The van der Waals surface area contributed by atoms with Crippen LogP contribution in [0, 0.1) is 10.8 Å². The zero-order valence-corrected chi connectivity index (χ0v) is 28.8. The average molecular weight is 719 g/mol. The largest absolute Gasteiger partial charge is 0.390 e. The Balaban J connectivity index is 0.000000227. The average Bonchev–Trinajstić information content (AvgIpc) is 3.64. The standard InChI is InChI=1S/C14H26O3.C12H17IO.C8H12O3.CH4/c1-4-12(2,3)11-13(15)5-7-14(8-6-13)16-9-10-17-14;1-12(2,9-13)10-14-8-11-6-4-3-5-7-11;9-7-1-3-8(4-2-7)10-5-6-11-8;/h15H,4-11H2,1-3H3;3-7H,8-10H2,1-2H3;1-6H2;1H4. The summed E-state index contributed by atoms with van der Waals surface area (Å²) >= 11 is 2.40. The molecule has 8 heteroatoms. The minimum atomic E-state index is -0.514. The Bertz CT molecular complexity index is 915. The number of hydrogen-bond donors (Lipinski definition) is 1. The highest BCUT2D eigenvalue weighted by atomic mass is 127. The van der Waals surface area contributed by atoms with E-state index in [0.717, 1.165) is 69.0 Å². The Morgan fingerprint density at radius 2 is 1.30 bits per heavy atom. The summed E-state index contributed by atoms with van der Waals surface area (Å²) in [6.45, 7) is 15.5. The summed E-state index contributed by atoms with van der Waals surface area (Å²) in [5, 5.41) is 10.7. The maximum absolute atomic E-state index is 10.9. The number of ketones is 1. The van der Waals surface area contributed by atoms with Crippen LogP contribution in [0.4, 0.5) is 0 Å². The van der Waals surface area contributed by atoms with Gasteiger partial charge in [0.15, 0.2) is 11.6 Å². The van der Waals surface area contributed by atoms with Crippen molar-refractivity contribution in [3.8, 4) is 0 Å². The molecule has 2 aliphatic heterocycles. The van der Waals surface area contributed by atoms with E-state index >= 15 is 0 Å². The number of halogens is 1. The lowest BCUT2D eigenvalue weighted by Crippen LogP contribution is -2.45. The second-order valence-electron chi connectivity index (χ2n) is 13.9. The van der Waals surface area contributed by atoms with Crippen molar-refractivity contribution in [3.05, 3.63) is 35.9 Å². The fraction of sp³-hybridized carbons (Fsp3) is 0.800. The summed E-state index contributed by atoms with van der Waals surface area (Å²) in [6.07, 6.45) is 8.02. The normalized spacial score (nSPS) is 22.3. The number of Topliss-reactive ketones (excluding diaryl/α,β-unsaturated/α-hetero) is 1. The number of ether oxygens (including phenoxy) is 5. The predicted octanol–water partition coefficient (Wildman–Crippen LogP) is 8.03. The summed E-state index contributed by atoms with van der Waals surface area (Å²) in [5.41, 5.74) is 1.24. The van der Waals surface area contributed by atoms with Crippen molar-refractivity contribution in [2.24, 2.45) is 10.8 Å². The molecule has 43 heavy (non-hydrogen) atoms. The van der Waals surface area contributed by atoms with Gasteiger partial charge in [0.25, 0.3) is 0 Å². The molecule has 2 saturated heterocycles. The third kappa shape index (κ3) is 13.0. The molecular weight excluding hydrogens is 659 g/mol. The molecule has 0 bridgehead atoms. The first kappa shape index (κ1) is 38.6. The topological polar surface area (TPSA) is 83.5 Å². The molecule has 1 aromatic carbocycles. The summed E-state index contributed by atoms with van der Waals surface area (Å²) in [7, 11) is 0. The van der Waals surface area contributed by atoms with Crippen LogP contribution in [-0.2, 0) is 35.1 Å². The van der Waals surface area contributed by atoms with Gasteiger partial charge in [-0.1, -0.05) is 101 Å². The van der Waals surface area contributed by atoms with Gasteiger partial charge in [0.05, 0.1) is 45.2 Å². The molecule has 0 radical (unpaired) electrons. The van der Waals surface area contributed by atoms with Crippen LogP contribution >= 0.6 is 22.6 Å². The third-order valence-corrected chi connectivity index (χ3v) is 10.9. The molecule has 4 aliphatic rings. The van der Waals surface area contributed by atoms with Crippen LogP contribution in [0.25, 0.3) is 0 Å². The molecule has 7 nitrogen and oxygen atoms in total. The predicted molar refractivity (Wildman–Crippen MR) is 180 cm³/mol. The fourth-order valence-corrected chi connectivity index (χ4v) is 6.05. The highest BCUT2D eigenvalue weighted by Gasteiger charge is 2.46. The molecule has 0 amide bonds. The first-order valence-corrected chi connectivity index (χ1v) is 17.3. The Morgan fingerprint density at radius 1 is 0.814 bits per heavy atom. The molecule has 2 aliphatic carbocycles. The van der Waals surface area contributed by atoms with Gasteiger partial charge < -0.3 is 28.8 Å². The van der Waals surface area contributed by atoms with Crippen molar-refractivity contribution in [1.29, 1.82) is 0 Å². The second kappa shape index (κ2) is 17.3. The lowest BCUT2D eigenvalue weighted by molar-refractivity contribution is -0.206. The van der Waals surface area contributed by atoms with Crippen molar-refractivity contribution < 1.29 is 33.6 Å². The monoisotopic (exact) mass is 718 g/mol. The number of hydrogen-bond acceptors (Lipinski definition) is 7. The van der Waals surface area contributed by atoms with E-state index in [4.69, 9.17) is 23.7 Å². The molecule has 0 atom stereocenters. The number of carbonyl (C=O) groups excluding carboxylic acids is 1. The van der Waals surface area contributed by atoms with E-state index in [0.29, 0.717) is 45.1 Å². The fourth-order valence-electron chi connectivity index (χ4n) is 5.83. The quantitative estimate of drug-likeness (QED) is 0.215. The Kier molecular flexibility index (Phi) is 15.5. The summed E-state index contributed by atoms with van der Waals surface area (Å²) in [6, 6.07) is 10.3. The number of benzene rings is 1. The van der Waals surface area contributed by atoms with E-state index in [1.165, 1.54) is 5.56 Å². The number of carbonyl (C=O) groups is 1. The van der Waals surface area contributed by atoms with Gasteiger partial charge in [0.2, 0.25) is 0 Å². The van der Waals surface area contributed by atoms with Crippen molar-refractivity contribution >= 4 is 28.4 Å². The Morgan fingerprint density at radius 3 is 1.77 bits per heavy atom. The molecular formula is C35H59IO7. The maximum Gasteiger partial charge on any atom is 0.169 e. The molecule has 1 N–H and O–H groups in total. The SMILES string of the molecule is C.CC(C)(CI)COCc1ccccc1.CCC(C)(C)CC1(O)CCC2(CC1)OCCO2.O=C1CCC2(CC1)OCCO2. The molecule has 0 aromatic heterocycles. The summed E-state index contributed by atoms with van der Waals surface area (Å²) < 4.78 is 29.1. The molecule has 4 fully saturated rings. The molecule has 2 heterocycles. The minimum Gasteiger partial charge on any atom is -0.390 e. The first-order valence-electron chi connectivity index (χ1n) is 15.8. The van der Waals surface area contributed by atoms with E-state index < -0.39 is 5.60 Å². The van der Waals surface area contributed by atoms with Crippen LogP contribution < -0.4 is 0 Å². The lowest BCUT2D eigenvalue weighted by atomic mass is 9.71. The third-order valence-electron chi connectivity index (χ3n) is 8.87. The molecule has 248 valence electrons. The van der Waals surface area contributed by atoms with Gasteiger partial charge in [-0.15, -0.1) is 0 Å². The van der Waals surface area contributed by atoms with Gasteiger partial charge >= 0.3 is 0 Å². The van der Waals surface area contributed by atoms with Gasteiger partial charge in [0.1, 0.15) is 5.78 Å². The highest BCUT2D eigenvalue weighted by molar-refractivity contribution is 14.1. The van der Waals surface area contributed by atoms with Gasteiger partial charge in [0, 0.05) is 43.0 Å². The Hall–Kier alpha value is -0.620. The zero-order chi connectivity index (χ0) is 30.7. The van der Waals surface area contributed by atoms with Crippen LogP contribution in [0.1, 0.15) is 112 Å². The minimum absolute atomic E-state index is 0. The summed E-state index contributed by atoms with van der Waals surface area (Å²) in [4.78, 5) is 10.9. The lowest BCUT2D eigenvalue weighted by Gasteiger charge is -2.43. The van der Waals surface area contributed by atoms with Gasteiger partial charge in [-0.05, 0) is 35.7 Å². The van der Waals surface area contributed by atoms with Crippen molar-refractivity contribution in [1.82, 2.24) is 0 Å². The Labute approximate surface area is 275 Å². The van der Waals surface area contributed by atoms with Crippen LogP contribution in [0.15, 0.2) is 30.3 Å². The zero-order valence-electron chi connectivity index (χ0n) is 26.7. The van der Waals surface area contributed by atoms with Crippen molar-refractivity contribution in [2.75, 3.05) is 37.5 Å². The van der Waals surface area contributed by atoms with Gasteiger partial charge in [-0.2, -0.15) is 0 Å². The van der Waals surface area contributed by atoms with Crippen molar-refractivity contribution in [3.63, 3.8) is 0 Å². The maximum atomic E-state index is 10.9. The molecule has 0 unspecified atom stereocenters. The number of rotatable bonds is 8. The number of alkyl halides is 1. The van der Waals surface area contributed by atoms with Crippen LogP contribution in [0.2, 0.25) is 0 Å². The molecule has 1 aromatic rings. The molecule has 2 spiro atoms. The number of aliphatic hydroxyl groups is 1. The van der Waals surface area contributed by atoms with Gasteiger partial charge in [-0.3, -0.25) is 4.79 Å². The smallest absolute Gasteiger partial charge is 0.169 e. The van der Waals surface area contributed by atoms with Crippen LogP contribution in [-0.4, -0.2) is 65.5 Å². The molecule has 5 rings (SSSR count). The van der Waals surface area contributed by atoms with E-state index in [-0.39, 0.29) is 29.8 Å². The van der Waals surface area contributed by atoms with Crippen LogP contribution in [0.5, 0.6) is 0 Å². The van der Waals surface area contributed by atoms with Gasteiger partial charge in [-0.25, -0.2) is 0 Å². The highest BCUT2D eigenvalue weighted by Crippen LogP contribution is 2.45. The van der Waals surface area contributed by atoms with Crippen molar-refractivity contribution in [2.45, 2.75) is 130 Å². The van der Waals surface area contributed by atoms with E-state index in [2.05, 4.69) is 69.3 Å². The van der Waals surface area contributed by atoms with E-state index in [1.807, 2.05) is 18.2 Å². The first-order chi connectivity index (χ1) is 19.8. The van der Waals surface area contributed by atoms with E-state index in [9.17, 15) is 9.90 Å². The summed E-state index contributed by atoms with van der Waals surface area (Å²) in [5.74, 6) is -0.383. The second-order valence-corrected chi connectivity index (χ2v) is 14.7. The van der Waals surface area contributed by atoms with E-state index in [1.54, 1.807) is 0 Å².